The highest BCUT2D eigenvalue weighted by Crippen LogP contribution is 2.37. The predicted molar refractivity (Wildman–Crippen MR) is 62.6 cm³/mol. The molecule has 1 aliphatic rings. The van der Waals surface area contributed by atoms with Crippen LogP contribution in [0.4, 0.5) is 0 Å². The molecule has 0 saturated carbocycles. The maximum Gasteiger partial charge on any atom is 0.341 e. The van der Waals surface area contributed by atoms with Crippen LogP contribution >= 0.6 is 0 Å². The summed E-state index contributed by atoms with van der Waals surface area (Å²) in [4.78, 5) is 11.8. The second kappa shape index (κ2) is 5.36. The highest BCUT2D eigenvalue weighted by Gasteiger charge is 2.58. The molecular weight excluding hydrogens is 240 g/mol. The Morgan fingerprint density at radius 1 is 1.33 bits per heavy atom. The standard InChI is InChI=1S/C12H20O6/c1-6-7-8(13)9-10(14)18-12(3,16-5)11(2,15-4)17-9/h6-9,13H,1-5H3/b7-6+/t8-,9-,11+,12+/m1/s1. The molecule has 0 aromatic carbocycles. The highest BCUT2D eigenvalue weighted by molar-refractivity contribution is 5.77. The van der Waals surface area contributed by atoms with E-state index >= 15 is 0 Å². The van der Waals surface area contributed by atoms with E-state index in [0.29, 0.717) is 0 Å². The summed E-state index contributed by atoms with van der Waals surface area (Å²) < 4.78 is 21.1. The third-order valence-electron chi connectivity index (χ3n) is 3.18. The Balaban J connectivity index is 3.01. The second-order valence-corrected chi connectivity index (χ2v) is 4.28. The third kappa shape index (κ3) is 2.42. The van der Waals surface area contributed by atoms with Crippen LogP contribution in [0.3, 0.4) is 0 Å². The summed E-state index contributed by atoms with van der Waals surface area (Å²) in [5.41, 5.74) is 0. The van der Waals surface area contributed by atoms with E-state index in [2.05, 4.69) is 0 Å². The molecule has 0 aromatic heterocycles. The molecule has 0 aliphatic carbocycles. The van der Waals surface area contributed by atoms with Gasteiger partial charge in [0, 0.05) is 21.1 Å². The molecule has 0 aromatic rings. The van der Waals surface area contributed by atoms with Crippen molar-refractivity contribution in [1.29, 1.82) is 0 Å². The van der Waals surface area contributed by atoms with Crippen LogP contribution in [0.1, 0.15) is 20.8 Å². The molecule has 104 valence electrons. The molecule has 0 spiro atoms. The van der Waals surface area contributed by atoms with E-state index in [4.69, 9.17) is 18.9 Å². The summed E-state index contributed by atoms with van der Waals surface area (Å²) in [6.45, 7) is 4.84. The summed E-state index contributed by atoms with van der Waals surface area (Å²) >= 11 is 0. The molecule has 0 radical (unpaired) electrons. The van der Waals surface area contributed by atoms with Crippen LogP contribution in [0.15, 0.2) is 12.2 Å². The van der Waals surface area contributed by atoms with Crippen LogP contribution in [0, 0.1) is 0 Å². The first-order valence-electron chi connectivity index (χ1n) is 5.65. The van der Waals surface area contributed by atoms with Gasteiger partial charge < -0.3 is 24.1 Å². The summed E-state index contributed by atoms with van der Waals surface area (Å²) in [5.74, 6) is -3.37. The molecule has 1 heterocycles. The molecule has 1 rings (SSSR count). The minimum Gasteiger partial charge on any atom is -0.425 e. The van der Waals surface area contributed by atoms with Gasteiger partial charge in [0.25, 0.3) is 5.79 Å². The van der Waals surface area contributed by atoms with Gasteiger partial charge in [0.15, 0.2) is 6.10 Å². The first-order chi connectivity index (χ1) is 8.33. The van der Waals surface area contributed by atoms with Gasteiger partial charge in [-0.3, -0.25) is 0 Å². The van der Waals surface area contributed by atoms with E-state index in [0.717, 1.165) is 0 Å². The summed E-state index contributed by atoms with van der Waals surface area (Å²) in [5, 5.41) is 9.81. The van der Waals surface area contributed by atoms with E-state index in [1.165, 1.54) is 27.2 Å². The van der Waals surface area contributed by atoms with Gasteiger partial charge in [-0.2, -0.15) is 0 Å². The number of rotatable bonds is 4. The van der Waals surface area contributed by atoms with E-state index in [1.54, 1.807) is 19.9 Å². The molecule has 6 nitrogen and oxygen atoms in total. The minimum atomic E-state index is -1.37. The lowest BCUT2D eigenvalue weighted by molar-refractivity contribution is -0.409. The van der Waals surface area contributed by atoms with Gasteiger partial charge in [0.1, 0.15) is 6.10 Å². The minimum absolute atomic E-state index is 0.695. The number of methoxy groups -OCH3 is 2. The van der Waals surface area contributed by atoms with Crippen LogP contribution in [0.2, 0.25) is 0 Å². The van der Waals surface area contributed by atoms with Crippen molar-refractivity contribution in [3.63, 3.8) is 0 Å². The lowest BCUT2D eigenvalue weighted by Crippen LogP contribution is -2.65. The molecule has 6 heteroatoms. The van der Waals surface area contributed by atoms with Gasteiger partial charge in [0.05, 0.1) is 0 Å². The van der Waals surface area contributed by atoms with Crippen molar-refractivity contribution < 1.29 is 28.8 Å². The fraction of sp³-hybridized carbons (Fsp3) is 0.750. The summed E-state index contributed by atoms with van der Waals surface area (Å²) in [6, 6.07) is 0. The molecule has 1 N–H and O–H groups in total. The van der Waals surface area contributed by atoms with Crippen molar-refractivity contribution in [3.05, 3.63) is 12.2 Å². The topological polar surface area (TPSA) is 74.2 Å². The average molecular weight is 260 g/mol. The maximum atomic E-state index is 11.8. The predicted octanol–water partition coefficient (Wildman–Crippen LogP) is 0.591. The van der Waals surface area contributed by atoms with Crippen LogP contribution < -0.4 is 0 Å². The number of hydrogen-bond donors (Lipinski definition) is 1. The smallest absolute Gasteiger partial charge is 0.341 e. The summed E-state index contributed by atoms with van der Waals surface area (Å²) in [6.07, 6.45) is 0.820. The fourth-order valence-corrected chi connectivity index (χ4v) is 1.71. The zero-order valence-electron chi connectivity index (χ0n) is 11.3. The van der Waals surface area contributed by atoms with Gasteiger partial charge in [-0.25, -0.2) is 4.79 Å². The Labute approximate surface area is 106 Å². The van der Waals surface area contributed by atoms with Gasteiger partial charge in [0.2, 0.25) is 5.79 Å². The lowest BCUT2D eigenvalue weighted by atomic mass is 10.0. The van der Waals surface area contributed by atoms with E-state index in [9.17, 15) is 9.90 Å². The van der Waals surface area contributed by atoms with Gasteiger partial charge >= 0.3 is 5.97 Å². The maximum absolute atomic E-state index is 11.8. The van der Waals surface area contributed by atoms with Crippen LogP contribution in [0.5, 0.6) is 0 Å². The Bertz CT molecular complexity index is 341. The van der Waals surface area contributed by atoms with Gasteiger partial charge in [-0.1, -0.05) is 12.2 Å². The van der Waals surface area contributed by atoms with Crippen molar-refractivity contribution in [2.24, 2.45) is 0 Å². The Morgan fingerprint density at radius 3 is 2.33 bits per heavy atom. The molecule has 4 atom stereocenters. The van der Waals surface area contributed by atoms with Crippen molar-refractivity contribution >= 4 is 5.97 Å². The Morgan fingerprint density at radius 2 is 1.89 bits per heavy atom. The number of allylic oxidation sites excluding steroid dienone is 1. The average Bonchev–Trinajstić information content (AvgIpc) is 2.34. The zero-order chi connectivity index (χ0) is 14.0. The Kier molecular flexibility index (Phi) is 4.50. The molecule has 0 unspecified atom stereocenters. The van der Waals surface area contributed by atoms with E-state index in [-0.39, 0.29) is 0 Å². The fourth-order valence-electron chi connectivity index (χ4n) is 1.71. The van der Waals surface area contributed by atoms with Crippen molar-refractivity contribution in [3.8, 4) is 0 Å². The third-order valence-corrected chi connectivity index (χ3v) is 3.18. The molecule has 18 heavy (non-hydrogen) atoms. The highest BCUT2D eigenvalue weighted by atomic mass is 16.8. The number of aliphatic hydroxyl groups excluding tert-OH is 1. The number of carbonyl (C=O) groups excluding carboxylic acids is 1. The Hall–Kier alpha value is -0.950. The van der Waals surface area contributed by atoms with Gasteiger partial charge in [-0.05, 0) is 13.8 Å². The molecule has 0 amide bonds. The number of hydrogen-bond acceptors (Lipinski definition) is 6. The molecule has 1 saturated heterocycles. The van der Waals surface area contributed by atoms with Crippen LogP contribution in [-0.2, 0) is 23.7 Å². The first-order valence-corrected chi connectivity index (χ1v) is 5.65. The monoisotopic (exact) mass is 260 g/mol. The molecule has 0 bridgehead atoms. The normalized spacial score (nSPS) is 38.8. The lowest BCUT2D eigenvalue weighted by Gasteiger charge is -2.48. The number of aliphatic hydroxyl groups is 1. The van der Waals surface area contributed by atoms with Crippen LogP contribution in [0.25, 0.3) is 0 Å². The number of esters is 1. The molecule has 1 aliphatic heterocycles. The zero-order valence-corrected chi connectivity index (χ0v) is 11.3. The summed E-state index contributed by atoms with van der Waals surface area (Å²) in [7, 11) is 2.80. The van der Waals surface area contributed by atoms with E-state index in [1.807, 2.05) is 0 Å². The van der Waals surface area contributed by atoms with Crippen LogP contribution in [-0.4, -0.2) is 49.1 Å². The van der Waals surface area contributed by atoms with Crippen molar-refractivity contribution in [1.82, 2.24) is 0 Å². The second-order valence-electron chi connectivity index (χ2n) is 4.28. The quantitative estimate of drug-likeness (QED) is 0.589. The first kappa shape index (κ1) is 15.1. The van der Waals surface area contributed by atoms with Crippen molar-refractivity contribution in [2.75, 3.05) is 14.2 Å². The SMILES string of the molecule is C/C=C/[C@@H](O)[C@H]1O[C@](C)(OC)[C@@](C)(OC)OC1=O. The number of carbonyl (C=O) groups is 1. The molecule has 1 fully saturated rings. The number of ether oxygens (including phenoxy) is 4. The van der Waals surface area contributed by atoms with Crippen molar-refractivity contribution in [2.45, 2.75) is 44.6 Å². The number of cyclic esters (lactones) is 1. The van der Waals surface area contributed by atoms with Gasteiger partial charge in [-0.15, -0.1) is 0 Å². The largest absolute Gasteiger partial charge is 0.425 e. The van der Waals surface area contributed by atoms with E-state index < -0.39 is 29.8 Å². The molecular formula is C12H20O6.